The molecule has 0 spiro atoms. The van der Waals surface area contributed by atoms with Crippen molar-refractivity contribution in [2.24, 2.45) is 21.5 Å². The van der Waals surface area contributed by atoms with Crippen LogP contribution < -0.4 is 16.8 Å². The first kappa shape index (κ1) is 16.5. The molecule has 1 aromatic rings. The van der Waals surface area contributed by atoms with E-state index in [0.717, 1.165) is 6.08 Å². The number of aliphatic imine (C=N–C) groups is 2. The highest BCUT2D eigenvalue weighted by atomic mass is 19.4. The molecule has 0 aromatic carbocycles. The Bertz CT molecular complexity index is 674. The van der Waals surface area contributed by atoms with Crippen molar-refractivity contribution in [2.75, 3.05) is 5.32 Å². The second-order valence-corrected chi connectivity index (χ2v) is 4.67. The average molecular weight is 324 g/mol. The molecule has 0 unspecified atom stereocenters. The number of anilines is 1. The van der Waals surface area contributed by atoms with Crippen molar-refractivity contribution >= 4 is 17.6 Å². The van der Waals surface area contributed by atoms with Gasteiger partial charge in [0.25, 0.3) is 0 Å². The van der Waals surface area contributed by atoms with Gasteiger partial charge in [0, 0.05) is 11.8 Å². The van der Waals surface area contributed by atoms with Gasteiger partial charge >= 0.3 is 6.18 Å². The Kier molecular flexibility index (Phi) is 4.99. The molecule has 6 nitrogen and oxygen atoms in total. The Balaban J connectivity index is 2.09. The van der Waals surface area contributed by atoms with Crippen molar-refractivity contribution in [1.82, 2.24) is 4.98 Å². The zero-order valence-electron chi connectivity index (χ0n) is 12.0. The van der Waals surface area contributed by atoms with E-state index in [1.165, 1.54) is 6.20 Å². The largest absolute Gasteiger partial charge is 0.412 e. The van der Waals surface area contributed by atoms with Crippen LogP contribution in [0.4, 0.5) is 18.9 Å². The van der Waals surface area contributed by atoms with Crippen LogP contribution in [-0.2, 0) is 0 Å². The Labute approximate surface area is 130 Å². The molecule has 9 heteroatoms. The molecule has 122 valence electrons. The van der Waals surface area contributed by atoms with Crippen LogP contribution in [0.1, 0.15) is 12.8 Å². The summed E-state index contributed by atoms with van der Waals surface area (Å²) in [7, 11) is 0. The second kappa shape index (κ2) is 6.95. The number of pyridine rings is 1. The van der Waals surface area contributed by atoms with E-state index in [4.69, 9.17) is 11.5 Å². The molecule has 23 heavy (non-hydrogen) atoms. The van der Waals surface area contributed by atoms with Crippen LogP contribution in [0, 0.1) is 0 Å². The minimum atomic E-state index is -4.37. The van der Waals surface area contributed by atoms with Gasteiger partial charge in [-0.05, 0) is 31.1 Å². The first-order chi connectivity index (χ1) is 10.8. The Hall–Kier alpha value is -2.84. The van der Waals surface area contributed by atoms with E-state index < -0.39 is 11.7 Å². The first-order valence-corrected chi connectivity index (χ1v) is 6.68. The fourth-order valence-corrected chi connectivity index (χ4v) is 1.88. The number of rotatable bonds is 2. The molecule has 0 saturated heterocycles. The number of alkyl halides is 3. The summed E-state index contributed by atoms with van der Waals surface area (Å²) in [5, 5.41) is 2.73. The van der Waals surface area contributed by atoms with E-state index >= 15 is 0 Å². The number of guanidine groups is 2. The monoisotopic (exact) mass is 324 g/mol. The molecular formula is C14H15F3N6. The standard InChI is InChI=1S/C14H15F3N6/c15-14(16,17)9-3-1-4-10(7-9)21-12(18)23-13(19)22-11-5-2-6-20-8-11/h2,4-8H,1,3H2,(H5,18,19,21,22,23). The summed E-state index contributed by atoms with van der Waals surface area (Å²) in [6.07, 6.45) is 1.43. The summed E-state index contributed by atoms with van der Waals surface area (Å²) in [6, 6.07) is 3.41. The van der Waals surface area contributed by atoms with Gasteiger partial charge in [-0.2, -0.15) is 18.2 Å². The number of hydrogen-bond donors (Lipinski definition) is 3. The summed E-state index contributed by atoms with van der Waals surface area (Å²) in [5.74, 6) is -0.291. The van der Waals surface area contributed by atoms with Gasteiger partial charge in [0.2, 0.25) is 11.9 Å². The zero-order valence-corrected chi connectivity index (χ0v) is 12.0. The number of halogens is 3. The van der Waals surface area contributed by atoms with Crippen LogP contribution in [0.15, 0.2) is 57.9 Å². The highest BCUT2D eigenvalue weighted by Crippen LogP contribution is 2.32. The van der Waals surface area contributed by atoms with Crippen LogP contribution in [-0.4, -0.2) is 23.1 Å². The van der Waals surface area contributed by atoms with Crippen molar-refractivity contribution in [3.63, 3.8) is 0 Å². The molecule has 0 aliphatic heterocycles. The van der Waals surface area contributed by atoms with E-state index in [1.807, 2.05) is 0 Å². The Morgan fingerprint density at radius 1 is 1.30 bits per heavy atom. The maximum atomic E-state index is 12.7. The molecule has 1 aromatic heterocycles. The lowest BCUT2D eigenvalue weighted by Gasteiger charge is -2.14. The van der Waals surface area contributed by atoms with Gasteiger partial charge in [0.05, 0.1) is 17.6 Å². The van der Waals surface area contributed by atoms with Gasteiger partial charge in [0.1, 0.15) is 0 Å². The van der Waals surface area contributed by atoms with Crippen LogP contribution >= 0.6 is 0 Å². The van der Waals surface area contributed by atoms with Gasteiger partial charge < -0.3 is 16.8 Å². The Morgan fingerprint density at radius 2 is 2.09 bits per heavy atom. The van der Waals surface area contributed by atoms with Crippen molar-refractivity contribution in [2.45, 2.75) is 19.0 Å². The van der Waals surface area contributed by atoms with Crippen LogP contribution in [0.2, 0.25) is 0 Å². The minimum Gasteiger partial charge on any atom is -0.369 e. The predicted octanol–water partition coefficient (Wildman–Crippen LogP) is 2.29. The molecule has 0 amide bonds. The number of nitrogens with two attached hydrogens (primary N) is 2. The van der Waals surface area contributed by atoms with Crippen molar-refractivity contribution in [3.8, 4) is 0 Å². The predicted molar refractivity (Wildman–Crippen MR) is 82.6 cm³/mol. The normalized spacial score (nSPS) is 16.7. The van der Waals surface area contributed by atoms with Crippen LogP contribution in [0.3, 0.4) is 0 Å². The fourth-order valence-electron chi connectivity index (χ4n) is 1.88. The van der Waals surface area contributed by atoms with Crippen molar-refractivity contribution in [3.05, 3.63) is 47.9 Å². The van der Waals surface area contributed by atoms with Crippen molar-refractivity contribution < 1.29 is 13.2 Å². The second-order valence-electron chi connectivity index (χ2n) is 4.67. The number of allylic oxidation sites excluding steroid dienone is 3. The highest BCUT2D eigenvalue weighted by Gasteiger charge is 2.33. The molecule has 0 atom stereocenters. The maximum Gasteiger partial charge on any atom is 0.412 e. The summed E-state index contributed by atoms with van der Waals surface area (Å²) in [5.41, 5.74) is 11.3. The van der Waals surface area contributed by atoms with Gasteiger partial charge in [-0.15, -0.1) is 0 Å². The average Bonchev–Trinajstić information content (AvgIpc) is 2.47. The lowest BCUT2D eigenvalue weighted by Crippen LogP contribution is -2.26. The third-order valence-electron chi connectivity index (χ3n) is 2.87. The molecule has 0 bridgehead atoms. The van der Waals surface area contributed by atoms with Gasteiger partial charge in [0.15, 0.2) is 0 Å². The smallest absolute Gasteiger partial charge is 0.369 e. The summed E-state index contributed by atoms with van der Waals surface area (Å²) in [4.78, 5) is 11.5. The van der Waals surface area contributed by atoms with Crippen LogP contribution in [0.5, 0.6) is 0 Å². The van der Waals surface area contributed by atoms with Crippen molar-refractivity contribution in [1.29, 1.82) is 0 Å². The van der Waals surface area contributed by atoms with Gasteiger partial charge in [-0.1, -0.05) is 6.08 Å². The van der Waals surface area contributed by atoms with E-state index in [2.05, 4.69) is 20.3 Å². The lowest BCUT2D eigenvalue weighted by atomic mass is 10.0. The number of aromatic nitrogens is 1. The molecular weight excluding hydrogens is 309 g/mol. The highest BCUT2D eigenvalue weighted by molar-refractivity contribution is 6.00. The first-order valence-electron chi connectivity index (χ1n) is 6.68. The SMILES string of the molecule is NC(=NC1=CCCC(C(F)(F)F)=C1)N=C(N)Nc1cccnc1. The topological polar surface area (TPSA) is 102 Å². The summed E-state index contributed by atoms with van der Waals surface area (Å²) in [6.45, 7) is 0. The quantitative estimate of drug-likeness (QED) is 0.574. The summed E-state index contributed by atoms with van der Waals surface area (Å²) < 4.78 is 38.0. The summed E-state index contributed by atoms with van der Waals surface area (Å²) >= 11 is 0. The third kappa shape index (κ3) is 5.13. The van der Waals surface area contributed by atoms with E-state index in [-0.39, 0.29) is 30.5 Å². The molecule has 1 heterocycles. The molecule has 0 saturated carbocycles. The third-order valence-corrected chi connectivity index (χ3v) is 2.87. The minimum absolute atomic E-state index is 0.0457. The number of nitrogens with one attached hydrogen (secondary N) is 1. The molecule has 5 N–H and O–H groups in total. The lowest BCUT2D eigenvalue weighted by molar-refractivity contribution is -0.0941. The van der Waals surface area contributed by atoms with Gasteiger partial charge in [-0.3, -0.25) is 4.98 Å². The molecule has 1 aliphatic rings. The zero-order chi connectivity index (χ0) is 16.9. The molecule has 2 rings (SSSR count). The van der Waals surface area contributed by atoms with E-state index in [0.29, 0.717) is 5.69 Å². The van der Waals surface area contributed by atoms with Crippen LogP contribution in [0.25, 0.3) is 0 Å². The van der Waals surface area contributed by atoms with Gasteiger partial charge in [-0.25, -0.2) is 4.99 Å². The number of nitrogens with zero attached hydrogens (tertiary/aromatic N) is 3. The Morgan fingerprint density at radius 3 is 2.74 bits per heavy atom. The molecule has 0 fully saturated rings. The molecule has 1 aliphatic carbocycles. The fraction of sp³-hybridized carbons (Fsp3) is 0.214. The number of hydrogen-bond acceptors (Lipinski definition) is 2. The maximum absolute atomic E-state index is 12.7. The van der Waals surface area contributed by atoms with E-state index in [9.17, 15) is 13.2 Å². The molecule has 0 radical (unpaired) electrons. The van der Waals surface area contributed by atoms with E-state index in [1.54, 1.807) is 24.4 Å².